The van der Waals surface area contributed by atoms with Gasteiger partial charge in [0.25, 0.3) is 0 Å². The lowest BCUT2D eigenvalue weighted by Crippen LogP contribution is -2.45. The van der Waals surface area contributed by atoms with Crippen LogP contribution in [0.15, 0.2) is 12.3 Å². The van der Waals surface area contributed by atoms with Gasteiger partial charge < -0.3 is 9.64 Å². The van der Waals surface area contributed by atoms with Gasteiger partial charge >= 0.3 is 6.09 Å². The average Bonchev–Trinajstić information content (AvgIpc) is 2.66. The van der Waals surface area contributed by atoms with Gasteiger partial charge in [-0.2, -0.15) is 5.10 Å². The largest absolute Gasteiger partial charge is 0.444 e. The first kappa shape index (κ1) is 16.6. The summed E-state index contributed by atoms with van der Waals surface area (Å²) < 4.78 is 7.39. The number of aryl methyl sites for hydroxylation is 2. The van der Waals surface area contributed by atoms with Crippen LogP contribution in [-0.2, 0) is 11.8 Å². The molecule has 0 bridgehead atoms. The zero-order valence-corrected chi connectivity index (χ0v) is 14.7. The molecule has 0 N–H and O–H groups in total. The quantitative estimate of drug-likeness (QED) is 0.799. The van der Waals surface area contributed by atoms with Crippen LogP contribution in [0.3, 0.4) is 0 Å². The van der Waals surface area contributed by atoms with Crippen LogP contribution in [0.2, 0.25) is 0 Å². The molecule has 2 heterocycles. The molecule has 0 atom stereocenters. The Hall–Kier alpha value is -1.78. The third-order valence-electron chi connectivity index (χ3n) is 3.86. The third-order valence-corrected chi connectivity index (χ3v) is 3.86. The predicted molar refractivity (Wildman–Crippen MR) is 87.5 cm³/mol. The number of aromatic nitrogens is 2. The van der Waals surface area contributed by atoms with E-state index in [1.807, 2.05) is 38.7 Å². The average molecular weight is 305 g/mol. The minimum Gasteiger partial charge on any atom is -0.444 e. The van der Waals surface area contributed by atoms with E-state index in [4.69, 9.17) is 4.74 Å². The highest BCUT2D eigenvalue weighted by atomic mass is 16.6. The topological polar surface area (TPSA) is 47.4 Å². The molecule has 0 unspecified atom stereocenters. The zero-order valence-electron chi connectivity index (χ0n) is 14.7. The molecular weight excluding hydrogens is 278 g/mol. The van der Waals surface area contributed by atoms with E-state index in [0.29, 0.717) is 13.1 Å². The SMILES string of the molecule is Cc1cnn(C)c1C1=CCN(C(=O)OC(C)(C)C)CC1(C)C. The number of rotatable bonds is 1. The minimum absolute atomic E-state index is 0.145. The van der Waals surface area contributed by atoms with Crippen molar-refractivity contribution >= 4 is 11.7 Å². The molecule has 1 aromatic heterocycles. The first-order chi connectivity index (χ1) is 10.0. The Bertz CT molecular complexity index is 586. The molecule has 1 amide bonds. The summed E-state index contributed by atoms with van der Waals surface area (Å²) in [6.45, 7) is 13.3. The summed E-state index contributed by atoms with van der Waals surface area (Å²) in [6, 6.07) is 0. The Kier molecular flexibility index (Phi) is 4.11. The second-order valence-corrected chi connectivity index (χ2v) is 7.66. The van der Waals surface area contributed by atoms with Gasteiger partial charge in [-0.1, -0.05) is 19.9 Å². The normalized spacial score (nSPS) is 18.1. The van der Waals surface area contributed by atoms with Gasteiger partial charge in [-0.05, 0) is 38.8 Å². The molecule has 0 radical (unpaired) electrons. The van der Waals surface area contributed by atoms with E-state index in [-0.39, 0.29) is 11.5 Å². The molecule has 5 heteroatoms. The van der Waals surface area contributed by atoms with Crippen molar-refractivity contribution in [2.24, 2.45) is 12.5 Å². The fraction of sp³-hybridized carbons (Fsp3) is 0.647. The van der Waals surface area contributed by atoms with Gasteiger partial charge in [-0.3, -0.25) is 4.68 Å². The van der Waals surface area contributed by atoms with Gasteiger partial charge in [0.2, 0.25) is 0 Å². The van der Waals surface area contributed by atoms with Gasteiger partial charge in [0.15, 0.2) is 0 Å². The lowest BCUT2D eigenvalue weighted by atomic mass is 9.78. The van der Waals surface area contributed by atoms with E-state index in [9.17, 15) is 4.79 Å². The first-order valence-electron chi connectivity index (χ1n) is 7.69. The molecule has 0 aromatic carbocycles. The van der Waals surface area contributed by atoms with Crippen LogP contribution in [0.4, 0.5) is 4.79 Å². The molecule has 1 aliphatic rings. The maximum atomic E-state index is 12.3. The number of carbonyl (C=O) groups is 1. The van der Waals surface area contributed by atoms with E-state index in [1.165, 1.54) is 5.57 Å². The van der Waals surface area contributed by atoms with Crippen molar-refractivity contribution in [3.63, 3.8) is 0 Å². The zero-order chi connectivity index (χ0) is 16.7. The molecule has 22 heavy (non-hydrogen) atoms. The van der Waals surface area contributed by atoms with E-state index in [1.54, 1.807) is 4.90 Å². The molecular formula is C17H27N3O2. The summed E-state index contributed by atoms with van der Waals surface area (Å²) in [5.41, 5.74) is 2.93. The maximum Gasteiger partial charge on any atom is 0.410 e. The van der Waals surface area contributed by atoms with Gasteiger partial charge in [0, 0.05) is 25.6 Å². The molecule has 0 aliphatic carbocycles. The highest BCUT2D eigenvalue weighted by molar-refractivity contribution is 5.75. The Morgan fingerprint density at radius 3 is 2.45 bits per heavy atom. The first-order valence-corrected chi connectivity index (χ1v) is 7.69. The van der Waals surface area contributed by atoms with E-state index >= 15 is 0 Å². The second kappa shape index (κ2) is 5.45. The fourth-order valence-corrected chi connectivity index (χ4v) is 2.92. The second-order valence-electron chi connectivity index (χ2n) is 7.66. The van der Waals surface area contributed by atoms with Gasteiger partial charge in [0.05, 0.1) is 11.9 Å². The standard InChI is InChI=1S/C17H27N3O2/c1-12-10-18-19(7)14(12)13-8-9-20(11-17(13,5)6)15(21)22-16(2,3)4/h8,10H,9,11H2,1-7H3. The number of hydrogen-bond donors (Lipinski definition) is 0. The van der Waals surface area contributed by atoms with Crippen LogP contribution < -0.4 is 0 Å². The van der Waals surface area contributed by atoms with Crippen LogP contribution >= 0.6 is 0 Å². The Labute approximate surface area is 132 Å². The molecule has 0 fully saturated rings. The summed E-state index contributed by atoms with van der Waals surface area (Å²) in [7, 11) is 1.96. The van der Waals surface area contributed by atoms with Crippen molar-refractivity contribution < 1.29 is 9.53 Å². The molecule has 5 nitrogen and oxygen atoms in total. The van der Waals surface area contributed by atoms with Crippen molar-refractivity contribution in [3.8, 4) is 0 Å². The Morgan fingerprint density at radius 2 is 2.00 bits per heavy atom. The highest BCUT2D eigenvalue weighted by Gasteiger charge is 2.36. The van der Waals surface area contributed by atoms with E-state index in [0.717, 1.165) is 11.3 Å². The Morgan fingerprint density at radius 1 is 1.36 bits per heavy atom. The van der Waals surface area contributed by atoms with Crippen molar-refractivity contribution in [2.45, 2.75) is 47.1 Å². The van der Waals surface area contributed by atoms with Crippen molar-refractivity contribution in [1.82, 2.24) is 14.7 Å². The number of carbonyl (C=O) groups excluding carboxylic acids is 1. The number of amides is 1. The van der Waals surface area contributed by atoms with E-state index in [2.05, 4.69) is 31.9 Å². The van der Waals surface area contributed by atoms with Crippen LogP contribution in [-0.4, -0.2) is 39.5 Å². The van der Waals surface area contributed by atoms with Crippen LogP contribution in [0.5, 0.6) is 0 Å². The number of nitrogens with zero attached hydrogens (tertiary/aromatic N) is 3. The van der Waals surface area contributed by atoms with Gasteiger partial charge in [0.1, 0.15) is 5.60 Å². The predicted octanol–water partition coefficient (Wildman–Crippen LogP) is 3.39. The molecule has 0 saturated heterocycles. The summed E-state index contributed by atoms with van der Waals surface area (Å²) in [5.74, 6) is 0. The summed E-state index contributed by atoms with van der Waals surface area (Å²) >= 11 is 0. The fourth-order valence-electron chi connectivity index (χ4n) is 2.92. The highest BCUT2D eigenvalue weighted by Crippen LogP contribution is 2.39. The molecule has 0 spiro atoms. The molecule has 1 aliphatic heterocycles. The van der Waals surface area contributed by atoms with Crippen molar-refractivity contribution in [3.05, 3.63) is 23.5 Å². The number of ether oxygens (including phenoxy) is 1. The maximum absolute atomic E-state index is 12.3. The van der Waals surface area contributed by atoms with Crippen LogP contribution in [0.25, 0.3) is 5.57 Å². The summed E-state index contributed by atoms with van der Waals surface area (Å²) in [5, 5.41) is 4.33. The van der Waals surface area contributed by atoms with Gasteiger partial charge in [-0.25, -0.2) is 4.79 Å². The lowest BCUT2D eigenvalue weighted by molar-refractivity contribution is 0.0219. The molecule has 1 aromatic rings. The van der Waals surface area contributed by atoms with Crippen LogP contribution in [0, 0.1) is 12.3 Å². The van der Waals surface area contributed by atoms with Crippen LogP contribution in [0.1, 0.15) is 45.9 Å². The summed E-state index contributed by atoms with van der Waals surface area (Å²) in [4.78, 5) is 14.0. The van der Waals surface area contributed by atoms with Crippen molar-refractivity contribution in [1.29, 1.82) is 0 Å². The Balaban J connectivity index is 2.26. The minimum atomic E-state index is -0.468. The molecule has 0 saturated carbocycles. The van der Waals surface area contributed by atoms with E-state index < -0.39 is 5.60 Å². The number of hydrogen-bond acceptors (Lipinski definition) is 3. The molecule has 2 rings (SSSR count). The third kappa shape index (κ3) is 3.34. The van der Waals surface area contributed by atoms with Gasteiger partial charge in [-0.15, -0.1) is 0 Å². The summed E-state index contributed by atoms with van der Waals surface area (Å²) in [6.07, 6.45) is 3.75. The van der Waals surface area contributed by atoms with Crippen molar-refractivity contribution in [2.75, 3.05) is 13.1 Å². The lowest BCUT2D eigenvalue weighted by Gasteiger charge is -2.39. The monoisotopic (exact) mass is 305 g/mol. The smallest absolute Gasteiger partial charge is 0.410 e. The molecule has 122 valence electrons.